The Bertz CT molecular complexity index is 520. The number of aromatic nitrogens is 1. The number of rotatable bonds is 4. The second-order valence-electron chi connectivity index (χ2n) is 3.97. The summed E-state index contributed by atoms with van der Waals surface area (Å²) in [4.78, 5) is 19.8. The van der Waals surface area contributed by atoms with Crippen LogP contribution in [-0.4, -0.2) is 10.8 Å². The van der Waals surface area contributed by atoms with E-state index >= 15 is 0 Å². The molecule has 0 atom stereocenters. The first kappa shape index (κ1) is 12.5. The fraction of sp³-hybridized carbons (Fsp3) is 0.385. The molecule has 2 heterocycles. The van der Waals surface area contributed by atoms with Crippen LogP contribution >= 0.6 is 22.7 Å². The van der Waals surface area contributed by atoms with E-state index in [0.717, 1.165) is 22.0 Å². The van der Waals surface area contributed by atoms with Crippen LogP contribution in [0.25, 0.3) is 0 Å². The van der Waals surface area contributed by atoms with Crippen LogP contribution in [0.1, 0.15) is 37.1 Å². The molecule has 0 radical (unpaired) electrons. The lowest BCUT2D eigenvalue weighted by molar-refractivity contribution is 0.0997. The van der Waals surface area contributed by atoms with Gasteiger partial charge in [0.15, 0.2) is 5.78 Å². The Labute approximate surface area is 109 Å². The summed E-state index contributed by atoms with van der Waals surface area (Å²) in [6.07, 6.45) is 1.43. The quantitative estimate of drug-likeness (QED) is 0.787. The molecule has 2 aromatic heterocycles. The van der Waals surface area contributed by atoms with Gasteiger partial charge in [-0.3, -0.25) is 4.79 Å². The van der Waals surface area contributed by atoms with Crippen molar-refractivity contribution in [2.75, 3.05) is 0 Å². The number of hydrogen-bond donors (Lipinski definition) is 0. The molecule has 0 N–H and O–H groups in total. The summed E-state index contributed by atoms with van der Waals surface area (Å²) in [5.41, 5.74) is 1.04. The highest BCUT2D eigenvalue weighted by molar-refractivity contribution is 7.14. The van der Waals surface area contributed by atoms with Crippen LogP contribution in [0.4, 0.5) is 0 Å². The molecule has 4 heteroatoms. The third-order valence-electron chi connectivity index (χ3n) is 2.67. The molecule has 0 fully saturated rings. The number of nitrogens with zero attached hydrogens (tertiary/aromatic N) is 1. The Morgan fingerprint density at radius 1 is 1.29 bits per heavy atom. The van der Waals surface area contributed by atoms with E-state index in [-0.39, 0.29) is 5.78 Å². The Morgan fingerprint density at radius 2 is 2.06 bits per heavy atom. The molecule has 0 aliphatic carbocycles. The smallest absolute Gasteiger partial charge is 0.179 e. The molecule has 0 saturated heterocycles. The lowest BCUT2D eigenvalue weighted by atomic mass is 10.2. The average molecular weight is 265 g/mol. The van der Waals surface area contributed by atoms with E-state index in [4.69, 9.17) is 0 Å². The van der Waals surface area contributed by atoms with Gasteiger partial charge in [-0.15, -0.1) is 22.7 Å². The molecule has 0 aliphatic rings. The van der Waals surface area contributed by atoms with E-state index in [2.05, 4.69) is 11.9 Å². The molecule has 2 aromatic rings. The zero-order valence-electron chi connectivity index (χ0n) is 10.2. The lowest BCUT2D eigenvalue weighted by Gasteiger charge is -1.93. The first-order valence-corrected chi connectivity index (χ1v) is 7.28. The average Bonchev–Trinajstić information content (AvgIpc) is 2.87. The molecular formula is C13H15NOS2. The first-order valence-electron chi connectivity index (χ1n) is 5.65. The Kier molecular flexibility index (Phi) is 3.74. The summed E-state index contributed by atoms with van der Waals surface area (Å²) in [5, 5.41) is 0.927. The molecule has 0 amide bonds. The predicted molar refractivity (Wildman–Crippen MR) is 73.3 cm³/mol. The standard InChI is InChI=1S/C13H15NOS2/c1-4-10-5-6-12(17-10)11(15)7-13-14-8(2)9(3)16-13/h5-6H,4,7H2,1-3H3. The molecule has 90 valence electrons. The Morgan fingerprint density at radius 3 is 2.59 bits per heavy atom. The minimum atomic E-state index is 0.184. The molecule has 0 spiro atoms. The summed E-state index contributed by atoms with van der Waals surface area (Å²) in [6.45, 7) is 6.13. The number of carbonyl (C=O) groups is 1. The van der Waals surface area contributed by atoms with Crippen LogP contribution in [0.2, 0.25) is 0 Å². The van der Waals surface area contributed by atoms with Gasteiger partial charge in [-0.05, 0) is 32.4 Å². The van der Waals surface area contributed by atoms with E-state index in [0.29, 0.717) is 6.42 Å². The van der Waals surface area contributed by atoms with Gasteiger partial charge in [0.25, 0.3) is 0 Å². The van der Waals surface area contributed by atoms with Crippen molar-refractivity contribution >= 4 is 28.5 Å². The highest BCUT2D eigenvalue weighted by Crippen LogP contribution is 2.22. The third-order valence-corrected chi connectivity index (χ3v) is 5.01. The largest absolute Gasteiger partial charge is 0.293 e. The molecular weight excluding hydrogens is 250 g/mol. The normalized spacial score (nSPS) is 10.8. The summed E-state index contributed by atoms with van der Waals surface area (Å²) < 4.78 is 0. The van der Waals surface area contributed by atoms with Gasteiger partial charge in [0.2, 0.25) is 0 Å². The van der Waals surface area contributed by atoms with Gasteiger partial charge in [-0.2, -0.15) is 0 Å². The van der Waals surface area contributed by atoms with Crippen LogP contribution in [-0.2, 0) is 12.8 Å². The van der Waals surface area contributed by atoms with Crippen LogP contribution in [0.5, 0.6) is 0 Å². The molecule has 0 saturated carbocycles. The number of ketones is 1. The van der Waals surface area contributed by atoms with Gasteiger partial charge in [0, 0.05) is 9.75 Å². The van der Waals surface area contributed by atoms with Crippen molar-refractivity contribution in [2.24, 2.45) is 0 Å². The molecule has 0 bridgehead atoms. The topological polar surface area (TPSA) is 30.0 Å². The van der Waals surface area contributed by atoms with E-state index in [1.54, 1.807) is 22.7 Å². The van der Waals surface area contributed by atoms with Crippen LogP contribution in [0, 0.1) is 13.8 Å². The summed E-state index contributed by atoms with van der Waals surface area (Å²) in [7, 11) is 0. The Balaban J connectivity index is 2.11. The number of aryl methyl sites for hydroxylation is 3. The molecule has 0 aromatic carbocycles. The van der Waals surface area contributed by atoms with Crippen LogP contribution < -0.4 is 0 Å². The van der Waals surface area contributed by atoms with Crippen molar-refractivity contribution < 1.29 is 4.79 Å². The SMILES string of the molecule is CCc1ccc(C(=O)Cc2nc(C)c(C)s2)s1. The van der Waals surface area contributed by atoms with Gasteiger partial charge in [-0.1, -0.05) is 6.92 Å². The minimum absolute atomic E-state index is 0.184. The number of hydrogen-bond acceptors (Lipinski definition) is 4. The van der Waals surface area contributed by atoms with Gasteiger partial charge < -0.3 is 0 Å². The monoisotopic (exact) mass is 265 g/mol. The van der Waals surface area contributed by atoms with Crippen molar-refractivity contribution in [3.8, 4) is 0 Å². The summed E-state index contributed by atoms with van der Waals surface area (Å²) in [5.74, 6) is 0.184. The van der Waals surface area contributed by atoms with Crippen LogP contribution in [0.15, 0.2) is 12.1 Å². The maximum absolute atomic E-state index is 12.0. The highest BCUT2D eigenvalue weighted by atomic mass is 32.1. The van der Waals surface area contributed by atoms with Gasteiger partial charge in [-0.25, -0.2) is 4.98 Å². The summed E-state index contributed by atoms with van der Waals surface area (Å²) >= 11 is 3.22. The van der Waals surface area contributed by atoms with Crippen molar-refractivity contribution in [1.82, 2.24) is 4.98 Å². The number of thiazole rings is 1. The number of carbonyl (C=O) groups excluding carboxylic acids is 1. The second-order valence-corrected chi connectivity index (χ2v) is 6.42. The molecule has 0 unspecified atom stereocenters. The van der Waals surface area contributed by atoms with Crippen molar-refractivity contribution in [2.45, 2.75) is 33.6 Å². The summed E-state index contributed by atoms with van der Waals surface area (Å²) in [6, 6.07) is 3.97. The van der Waals surface area contributed by atoms with Gasteiger partial charge in [0.1, 0.15) is 5.01 Å². The Hall–Kier alpha value is -1.00. The fourth-order valence-electron chi connectivity index (χ4n) is 1.56. The van der Waals surface area contributed by atoms with Crippen molar-refractivity contribution in [3.05, 3.63) is 37.5 Å². The maximum atomic E-state index is 12.0. The molecule has 0 aliphatic heterocycles. The molecule has 2 nitrogen and oxygen atoms in total. The maximum Gasteiger partial charge on any atom is 0.179 e. The first-order chi connectivity index (χ1) is 8.10. The number of Topliss-reactive ketones (excluding diaryl/α,β-unsaturated/α-hetero) is 1. The van der Waals surface area contributed by atoms with Gasteiger partial charge >= 0.3 is 0 Å². The minimum Gasteiger partial charge on any atom is -0.293 e. The van der Waals surface area contributed by atoms with E-state index in [1.165, 1.54) is 9.75 Å². The van der Waals surface area contributed by atoms with Crippen molar-refractivity contribution in [1.29, 1.82) is 0 Å². The lowest BCUT2D eigenvalue weighted by Crippen LogP contribution is -2.00. The van der Waals surface area contributed by atoms with E-state index in [9.17, 15) is 4.79 Å². The highest BCUT2D eigenvalue weighted by Gasteiger charge is 2.13. The molecule has 2 rings (SSSR count). The predicted octanol–water partition coefficient (Wildman–Crippen LogP) is 3.81. The third kappa shape index (κ3) is 2.82. The zero-order valence-corrected chi connectivity index (χ0v) is 11.9. The van der Waals surface area contributed by atoms with Crippen molar-refractivity contribution in [3.63, 3.8) is 0 Å². The fourth-order valence-corrected chi connectivity index (χ4v) is 3.37. The van der Waals surface area contributed by atoms with Crippen LogP contribution in [0.3, 0.4) is 0 Å². The van der Waals surface area contributed by atoms with E-state index < -0.39 is 0 Å². The molecule has 17 heavy (non-hydrogen) atoms. The van der Waals surface area contributed by atoms with Gasteiger partial charge in [0.05, 0.1) is 17.0 Å². The second kappa shape index (κ2) is 5.10. The number of thiophene rings is 1. The zero-order chi connectivity index (χ0) is 12.4. The van der Waals surface area contributed by atoms with E-state index in [1.807, 2.05) is 26.0 Å².